The van der Waals surface area contributed by atoms with Crippen LogP contribution < -0.4 is 25.6 Å². The van der Waals surface area contributed by atoms with Crippen LogP contribution in [0.2, 0.25) is 0 Å². The molecule has 5 heterocycles. The Bertz CT molecular complexity index is 3560. The Kier molecular flexibility index (Phi) is 16.7. The first-order valence-corrected chi connectivity index (χ1v) is 31.1. The van der Waals surface area contributed by atoms with Gasteiger partial charge in [-0.2, -0.15) is 5.10 Å². The molecule has 0 unspecified atom stereocenters. The number of pyridine rings is 1. The fourth-order valence-electron chi connectivity index (χ4n) is 13.3. The van der Waals surface area contributed by atoms with Gasteiger partial charge in [-0.1, -0.05) is 62.6 Å². The van der Waals surface area contributed by atoms with Crippen LogP contribution in [-0.4, -0.2) is 115 Å². The first-order chi connectivity index (χ1) is 39.4. The van der Waals surface area contributed by atoms with Crippen molar-refractivity contribution in [1.82, 2.24) is 50.2 Å². The third-order valence-corrected chi connectivity index (χ3v) is 19.5. The van der Waals surface area contributed by atoms with Crippen LogP contribution in [0.15, 0.2) is 66.9 Å². The molecule has 6 N–H and O–H groups in total. The van der Waals surface area contributed by atoms with Crippen LogP contribution in [0, 0.1) is 54.8 Å². The maximum Gasteiger partial charge on any atom is 0.284 e. The lowest BCUT2D eigenvalue weighted by Gasteiger charge is -2.56. The molecule has 4 saturated carbocycles. The maximum absolute atomic E-state index is 14.5. The zero-order valence-electron chi connectivity index (χ0n) is 48.1. The van der Waals surface area contributed by atoms with Gasteiger partial charge in [0.15, 0.2) is 16.8 Å². The van der Waals surface area contributed by atoms with Crippen molar-refractivity contribution in [1.29, 1.82) is 0 Å². The third kappa shape index (κ3) is 13.0. The molecule has 6 aromatic rings. The number of thiazole rings is 1. The summed E-state index contributed by atoms with van der Waals surface area (Å²) >= 11 is 1.50. The number of para-hydroxylation sites is 1. The number of nitrogens with zero attached hydrogens (tertiary/aromatic N) is 8. The largest absolute Gasteiger partial charge is 0.508 e. The smallest absolute Gasteiger partial charge is 0.284 e. The summed E-state index contributed by atoms with van der Waals surface area (Å²) in [5, 5.41) is 44.7. The number of aliphatic hydroxyl groups excluding tert-OH is 1. The van der Waals surface area contributed by atoms with E-state index in [9.17, 15) is 37.8 Å². The lowest BCUT2D eigenvalue weighted by Crippen LogP contribution is -2.57. The fraction of sp³-hybridized carbons (Fsp3) is 0.492. The highest BCUT2D eigenvalue weighted by Gasteiger charge is 2.51. The number of phenols is 1. The molecule has 2 aromatic carbocycles. The number of carbonyl (C=O) groups excluding carboxylic acids is 4. The summed E-state index contributed by atoms with van der Waals surface area (Å²) in [6.07, 6.45) is 14.4. The van der Waals surface area contributed by atoms with Crippen LogP contribution in [0.1, 0.15) is 137 Å². The first kappa shape index (κ1) is 58.7. The number of unbranched alkanes of at least 4 members (excludes halogenated alkanes) is 2. The fourth-order valence-corrected chi connectivity index (χ4v) is 15.3. The van der Waals surface area contributed by atoms with Crippen molar-refractivity contribution < 1.29 is 37.8 Å². The van der Waals surface area contributed by atoms with Crippen LogP contribution in [0.5, 0.6) is 5.75 Å². The highest BCUT2D eigenvalue weighted by molar-refractivity contribution is 7.90. The molecule has 438 valence electrons. The number of carbonyl (C=O) groups is 4. The van der Waals surface area contributed by atoms with Gasteiger partial charge in [0.2, 0.25) is 27.7 Å². The SMILES string of the molecule is C#Cc1ccc([C@H](C)NC(=O)[C@@H]2C[C@@H](O)CN2C(=O)[C@@H](NC(=O)CCCCCS(=O)(=O)NC(=O)c2nc(N(C)c3cc(C)c(Nc4nc5ccccc5s4)nn3)ccc2-c2cnn(CC34CC5CC(CC(C5)C3)C4)c2C)C(C)(C)C)c(O)c1. The molecule has 1 aliphatic heterocycles. The molecule has 83 heavy (non-hydrogen) atoms. The molecule has 4 amide bonds. The van der Waals surface area contributed by atoms with Gasteiger partial charge in [-0.25, -0.2) is 23.1 Å². The van der Waals surface area contributed by atoms with Gasteiger partial charge in [-0.3, -0.25) is 23.9 Å². The van der Waals surface area contributed by atoms with Crippen molar-refractivity contribution in [3.05, 3.63) is 94.9 Å². The van der Waals surface area contributed by atoms with Gasteiger partial charge in [-0.05, 0) is 149 Å². The number of aliphatic hydroxyl groups is 1. The summed E-state index contributed by atoms with van der Waals surface area (Å²) in [7, 11) is -2.48. The standard InChI is InChI=1S/C61H74N12O8S2/c1-9-38-18-19-43(48(75)27-38)36(3)63-56(77)47-28-42(74)33-72(47)58(79)54(60(5,6)7)66-52(76)17-11-10-14-22-83(80,81)70-57(78)53-44(45-32-62-73(37(45)4)34-61-29-39-24-40(30-61)26-41(25-39)31-61)20-21-50(65-53)71(8)51-23-35(2)55(69-68-51)67-59-64-46-15-12-13-16-49(46)82-59/h1,12-13,15-16,18-21,23,27,32,36,39-42,47,54,74-75H,10-11,14,17,22,24-26,28-31,33-34H2,2-8H3,(H,63,77)(H,66,76)(H,70,78)(H,64,67,69)/t36-,39?,40?,41?,42+,47-,54+,61?/m0/s1. The zero-order valence-corrected chi connectivity index (χ0v) is 49.7. The van der Waals surface area contributed by atoms with Gasteiger partial charge in [0.25, 0.3) is 5.91 Å². The Labute approximate surface area is 488 Å². The molecule has 4 atom stereocenters. The number of aryl methyl sites for hydroxylation is 1. The highest BCUT2D eigenvalue weighted by Crippen LogP contribution is 2.60. The molecule has 11 rings (SSSR count). The summed E-state index contributed by atoms with van der Waals surface area (Å²) in [5.41, 5.74) is 3.78. The number of aromatic hydroxyl groups is 1. The van der Waals surface area contributed by atoms with Gasteiger partial charge < -0.3 is 36.0 Å². The van der Waals surface area contributed by atoms with E-state index < -0.39 is 69.0 Å². The number of terminal acetylenes is 1. The molecule has 4 aliphatic carbocycles. The predicted octanol–water partition coefficient (Wildman–Crippen LogP) is 8.37. The van der Waals surface area contributed by atoms with Crippen LogP contribution >= 0.6 is 11.3 Å². The van der Waals surface area contributed by atoms with Gasteiger partial charge >= 0.3 is 0 Å². The summed E-state index contributed by atoms with van der Waals surface area (Å²) < 4.78 is 33.0. The molecule has 4 aromatic heterocycles. The minimum Gasteiger partial charge on any atom is -0.508 e. The Morgan fingerprint density at radius 1 is 0.904 bits per heavy atom. The molecule has 0 spiro atoms. The monoisotopic (exact) mass is 1170 g/mol. The average Bonchev–Trinajstić information content (AvgIpc) is 4.24. The molecular weight excluding hydrogens is 1090 g/mol. The van der Waals surface area contributed by atoms with E-state index in [0.717, 1.165) is 45.8 Å². The summed E-state index contributed by atoms with van der Waals surface area (Å²) in [6.45, 7) is 11.6. The Balaban J connectivity index is 0.789. The number of likely N-dealkylation sites (tertiary alicyclic amines) is 1. The maximum atomic E-state index is 14.5. The normalized spacial score (nSPS) is 21.8. The lowest BCUT2D eigenvalue weighted by atomic mass is 9.49. The van der Waals surface area contributed by atoms with E-state index in [1.165, 1.54) is 60.8 Å². The van der Waals surface area contributed by atoms with Crippen LogP contribution in [-0.2, 0) is 31.0 Å². The number of nitrogens with one attached hydrogen (secondary N) is 4. The number of hydrogen-bond acceptors (Lipinski definition) is 16. The van der Waals surface area contributed by atoms with Crippen molar-refractivity contribution >= 4 is 77.8 Å². The van der Waals surface area contributed by atoms with Crippen LogP contribution in [0.4, 0.5) is 22.6 Å². The number of amides is 4. The number of benzene rings is 2. The van der Waals surface area contributed by atoms with Gasteiger partial charge in [0.1, 0.15) is 29.3 Å². The number of β-amino-alcohol motifs (C(OH)–C–C–N with tert-alkyl or cyclic N) is 1. The molecule has 0 radical (unpaired) electrons. The number of sulfonamides is 1. The minimum absolute atomic E-state index is 0.0227. The third-order valence-electron chi connectivity index (χ3n) is 17.2. The summed E-state index contributed by atoms with van der Waals surface area (Å²) in [6, 6.07) is 15.1. The molecule has 20 nitrogen and oxygen atoms in total. The van der Waals surface area contributed by atoms with E-state index in [0.29, 0.717) is 51.3 Å². The summed E-state index contributed by atoms with van der Waals surface area (Å²) in [4.78, 5) is 68.4. The molecule has 1 saturated heterocycles. The second-order valence-electron chi connectivity index (χ2n) is 24.7. The van der Waals surface area contributed by atoms with Crippen molar-refractivity contribution in [3.8, 4) is 29.2 Å². The molecule has 5 fully saturated rings. The van der Waals surface area contributed by atoms with Crippen LogP contribution in [0.25, 0.3) is 21.3 Å². The van der Waals surface area contributed by atoms with E-state index in [2.05, 4.69) is 46.5 Å². The van der Waals surface area contributed by atoms with Crippen LogP contribution in [0.3, 0.4) is 0 Å². The topological polar surface area (TPSA) is 267 Å². The number of anilines is 4. The molecule has 5 aliphatic rings. The Morgan fingerprint density at radius 2 is 1.63 bits per heavy atom. The number of rotatable bonds is 20. The van der Waals surface area contributed by atoms with Crippen molar-refractivity contribution in [2.24, 2.45) is 28.6 Å². The van der Waals surface area contributed by atoms with E-state index in [1.54, 1.807) is 70.1 Å². The Morgan fingerprint density at radius 3 is 2.30 bits per heavy atom. The van der Waals surface area contributed by atoms with E-state index >= 15 is 0 Å². The zero-order chi connectivity index (χ0) is 59.1. The van der Waals surface area contributed by atoms with Gasteiger partial charge in [0, 0.05) is 60.9 Å². The second kappa shape index (κ2) is 23.6. The summed E-state index contributed by atoms with van der Waals surface area (Å²) in [5.74, 6) is 3.08. The van der Waals surface area contributed by atoms with Crippen molar-refractivity contribution in [3.63, 3.8) is 0 Å². The van der Waals surface area contributed by atoms with E-state index in [-0.39, 0.29) is 49.1 Å². The van der Waals surface area contributed by atoms with Crippen molar-refractivity contribution in [2.45, 2.75) is 143 Å². The minimum atomic E-state index is -4.23. The second-order valence-corrected chi connectivity index (χ2v) is 27.5. The predicted molar refractivity (Wildman–Crippen MR) is 318 cm³/mol. The van der Waals surface area contributed by atoms with Crippen molar-refractivity contribution in [2.75, 3.05) is 29.6 Å². The average molecular weight is 1170 g/mol. The quantitative estimate of drug-likeness (QED) is 0.0310. The molecule has 22 heteroatoms. The first-order valence-electron chi connectivity index (χ1n) is 28.6. The number of fused-ring (bicyclic) bond motifs is 1. The van der Waals surface area contributed by atoms with Gasteiger partial charge in [0.05, 0.1) is 34.3 Å². The molecular formula is C61H74N12O8S2. The Hall–Kier alpha value is -7.48. The number of hydrogen-bond donors (Lipinski definition) is 6. The number of phenolic OH excluding ortho intramolecular Hbond substituents is 1. The lowest BCUT2D eigenvalue weighted by molar-refractivity contribution is -0.144. The van der Waals surface area contributed by atoms with E-state index in [1.807, 2.05) is 44.2 Å². The number of aromatic nitrogens is 6. The highest BCUT2D eigenvalue weighted by atomic mass is 32.2. The van der Waals surface area contributed by atoms with Gasteiger partial charge in [-0.15, -0.1) is 16.6 Å². The molecule has 4 bridgehead atoms. The van der Waals surface area contributed by atoms with E-state index in [4.69, 9.17) is 16.5 Å².